The van der Waals surface area contributed by atoms with E-state index in [4.69, 9.17) is 10.0 Å². The van der Waals surface area contributed by atoms with Crippen LogP contribution >= 0.6 is 0 Å². The second kappa shape index (κ2) is 7.00. The number of carbonyl (C=O) groups is 1. The zero-order valence-corrected chi connectivity index (χ0v) is 10.5. The van der Waals surface area contributed by atoms with Crippen LogP contribution in [0.2, 0.25) is 0 Å². The van der Waals surface area contributed by atoms with Crippen LogP contribution in [0.1, 0.15) is 10.4 Å². The highest BCUT2D eigenvalue weighted by molar-refractivity contribution is 6.33. The Kier molecular flexibility index (Phi) is 5.64. The molecule has 1 aromatic rings. The molecule has 6 nitrogen and oxygen atoms in total. The average Bonchev–Trinajstić information content (AvgIpc) is 2.28. The van der Waals surface area contributed by atoms with Gasteiger partial charge in [-0.2, -0.15) is 0 Å². The van der Waals surface area contributed by atoms with Gasteiger partial charge in [0, 0.05) is 18.7 Å². The van der Waals surface area contributed by atoms with E-state index in [0.717, 1.165) is 6.54 Å². The minimum Gasteiger partial charge on any atom is -0.512 e. The molecular weight excluding hydrogens is 235 g/mol. The molecule has 1 aromatic carbocycles. The van der Waals surface area contributed by atoms with Gasteiger partial charge < -0.3 is 24.9 Å². The third kappa shape index (κ3) is 5.18. The Morgan fingerprint density at radius 1 is 1.33 bits per heavy atom. The van der Waals surface area contributed by atoms with E-state index in [-0.39, 0.29) is 11.7 Å². The van der Waals surface area contributed by atoms with Gasteiger partial charge in [0.15, 0.2) is 0 Å². The number of carbonyl (C=O) groups excluding carboxylic acids is 1. The predicted octanol–water partition coefficient (Wildman–Crippen LogP) is -0.674. The molecule has 0 spiro atoms. The molecule has 0 aliphatic heterocycles. The first-order valence-corrected chi connectivity index (χ1v) is 5.55. The van der Waals surface area contributed by atoms with Crippen molar-refractivity contribution in [3.63, 3.8) is 0 Å². The number of benzene rings is 1. The summed E-state index contributed by atoms with van der Waals surface area (Å²) in [6.45, 7) is 1.34. The standard InChI is InChI=1S/C11H17BN2O4/c1-14(2)8-7-13-11(15)9-3-5-10(6-4-9)18-12(16)17/h3-6,16-17H,7-8H2,1-2H3,(H,13,15). The van der Waals surface area contributed by atoms with Gasteiger partial charge in [-0.05, 0) is 38.4 Å². The molecule has 0 saturated heterocycles. The van der Waals surface area contributed by atoms with Gasteiger partial charge in [0.05, 0.1) is 0 Å². The molecular formula is C11H17BN2O4. The highest BCUT2D eigenvalue weighted by atomic mass is 16.6. The number of nitrogens with zero attached hydrogens (tertiary/aromatic N) is 1. The van der Waals surface area contributed by atoms with Crippen LogP contribution in [0.3, 0.4) is 0 Å². The minimum atomic E-state index is -1.86. The maximum Gasteiger partial charge on any atom is 0.707 e. The molecule has 0 aliphatic carbocycles. The van der Waals surface area contributed by atoms with Crippen LogP contribution in [0.5, 0.6) is 5.75 Å². The molecule has 0 aromatic heterocycles. The molecule has 18 heavy (non-hydrogen) atoms. The molecule has 0 aliphatic rings. The van der Waals surface area contributed by atoms with Crippen LogP contribution in [0.15, 0.2) is 24.3 Å². The second-order valence-electron chi connectivity index (χ2n) is 4.03. The summed E-state index contributed by atoms with van der Waals surface area (Å²) in [6, 6.07) is 6.12. The summed E-state index contributed by atoms with van der Waals surface area (Å²) in [7, 11) is 2.00. The van der Waals surface area contributed by atoms with Crippen LogP contribution in [0.4, 0.5) is 0 Å². The molecule has 3 N–H and O–H groups in total. The van der Waals surface area contributed by atoms with Gasteiger partial charge >= 0.3 is 7.32 Å². The first kappa shape index (κ1) is 14.5. The molecule has 98 valence electrons. The number of hydrogen-bond donors (Lipinski definition) is 3. The molecule has 0 saturated carbocycles. The Balaban J connectivity index is 2.48. The van der Waals surface area contributed by atoms with Gasteiger partial charge in [-0.1, -0.05) is 0 Å². The third-order valence-electron chi connectivity index (χ3n) is 2.20. The zero-order valence-electron chi connectivity index (χ0n) is 10.5. The summed E-state index contributed by atoms with van der Waals surface area (Å²) in [6.07, 6.45) is 0. The second-order valence-corrected chi connectivity index (χ2v) is 4.03. The molecule has 0 unspecified atom stereocenters. The lowest BCUT2D eigenvalue weighted by molar-refractivity contribution is 0.0951. The molecule has 1 rings (SSSR count). The Bertz CT molecular complexity index is 381. The number of hydrogen-bond acceptors (Lipinski definition) is 5. The van der Waals surface area contributed by atoms with Crippen molar-refractivity contribution in [2.45, 2.75) is 0 Å². The van der Waals surface area contributed by atoms with Crippen LogP contribution in [0.25, 0.3) is 0 Å². The summed E-state index contributed by atoms with van der Waals surface area (Å²) < 4.78 is 4.63. The molecule has 0 fully saturated rings. The SMILES string of the molecule is CN(C)CCNC(=O)c1ccc(OB(O)O)cc1. The fourth-order valence-electron chi connectivity index (χ4n) is 1.30. The van der Waals surface area contributed by atoms with E-state index >= 15 is 0 Å². The van der Waals surface area contributed by atoms with E-state index in [9.17, 15) is 4.79 Å². The summed E-state index contributed by atoms with van der Waals surface area (Å²) in [5.74, 6) is 0.114. The maximum absolute atomic E-state index is 11.7. The van der Waals surface area contributed by atoms with Crippen LogP contribution in [-0.2, 0) is 0 Å². The van der Waals surface area contributed by atoms with Gasteiger partial charge in [0.2, 0.25) is 0 Å². The molecule has 0 bridgehead atoms. The van der Waals surface area contributed by atoms with Crippen LogP contribution in [0, 0.1) is 0 Å². The molecule has 1 amide bonds. The number of likely N-dealkylation sites (N-methyl/N-ethyl adjacent to an activating group) is 1. The predicted molar refractivity (Wildman–Crippen MR) is 68.1 cm³/mol. The van der Waals surface area contributed by atoms with Crippen molar-refractivity contribution < 1.29 is 19.5 Å². The Morgan fingerprint density at radius 3 is 2.44 bits per heavy atom. The summed E-state index contributed by atoms with van der Waals surface area (Å²) >= 11 is 0. The average molecular weight is 252 g/mol. The van der Waals surface area contributed by atoms with E-state index in [1.54, 1.807) is 12.1 Å². The lowest BCUT2D eigenvalue weighted by atomic mass is 10.2. The topological polar surface area (TPSA) is 82.0 Å². The van der Waals surface area contributed by atoms with Crippen molar-refractivity contribution >= 4 is 13.2 Å². The van der Waals surface area contributed by atoms with Crippen LogP contribution < -0.4 is 9.97 Å². The summed E-state index contributed by atoms with van der Waals surface area (Å²) in [5, 5.41) is 20.0. The van der Waals surface area contributed by atoms with Crippen molar-refractivity contribution in [2.24, 2.45) is 0 Å². The third-order valence-corrected chi connectivity index (χ3v) is 2.20. The molecule has 0 heterocycles. The molecule has 0 radical (unpaired) electrons. The Labute approximate surface area is 106 Å². The van der Waals surface area contributed by atoms with Crippen molar-refractivity contribution in [3.05, 3.63) is 29.8 Å². The van der Waals surface area contributed by atoms with Gasteiger partial charge in [0.1, 0.15) is 5.75 Å². The van der Waals surface area contributed by atoms with E-state index in [1.807, 2.05) is 19.0 Å². The fraction of sp³-hybridized carbons (Fsp3) is 0.364. The molecule has 7 heteroatoms. The maximum atomic E-state index is 11.7. The summed E-state index contributed by atoms with van der Waals surface area (Å²) in [5.41, 5.74) is 0.494. The number of amides is 1. The van der Waals surface area contributed by atoms with Crippen molar-refractivity contribution in [1.29, 1.82) is 0 Å². The van der Waals surface area contributed by atoms with Crippen molar-refractivity contribution in [1.82, 2.24) is 10.2 Å². The molecule has 0 atom stereocenters. The van der Waals surface area contributed by atoms with Crippen molar-refractivity contribution in [3.8, 4) is 5.75 Å². The Morgan fingerprint density at radius 2 is 1.94 bits per heavy atom. The number of rotatable bonds is 6. The fourth-order valence-corrected chi connectivity index (χ4v) is 1.30. The lowest BCUT2D eigenvalue weighted by Crippen LogP contribution is -2.31. The zero-order chi connectivity index (χ0) is 13.5. The Hall–Kier alpha value is -1.57. The first-order valence-electron chi connectivity index (χ1n) is 5.55. The van der Waals surface area contributed by atoms with Gasteiger partial charge in [-0.15, -0.1) is 0 Å². The highest BCUT2D eigenvalue weighted by Crippen LogP contribution is 2.12. The lowest BCUT2D eigenvalue weighted by Gasteiger charge is -2.10. The van der Waals surface area contributed by atoms with E-state index in [0.29, 0.717) is 12.1 Å². The smallest absolute Gasteiger partial charge is 0.512 e. The summed E-state index contributed by atoms with van der Waals surface area (Å²) in [4.78, 5) is 13.7. The van der Waals surface area contributed by atoms with Gasteiger partial charge in [-0.3, -0.25) is 4.79 Å². The van der Waals surface area contributed by atoms with E-state index in [2.05, 4.69) is 9.97 Å². The first-order chi connectivity index (χ1) is 8.49. The van der Waals surface area contributed by atoms with E-state index in [1.165, 1.54) is 12.1 Å². The monoisotopic (exact) mass is 252 g/mol. The van der Waals surface area contributed by atoms with Crippen molar-refractivity contribution in [2.75, 3.05) is 27.2 Å². The van der Waals surface area contributed by atoms with Crippen LogP contribution in [-0.4, -0.2) is 55.4 Å². The quantitative estimate of drug-likeness (QED) is 0.585. The minimum absolute atomic E-state index is 0.173. The number of nitrogens with one attached hydrogen (secondary N) is 1. The highest BCUT2D eigenvalue weighted by Gasteiger charge is 2.11. The van der Waals surface area contributed by atoms with E-state index < -0.39 is 7.32 Å². The van der Waals surface area contributed by atoms with Gasteiger partial charge in [0.25, 0.3) is 5.91 Å². The van der Waals surface area contributed by atoms with Gasteiger partial charge in [-0.25, -0.2) is 0 Å². The normalized spacial score (nSPS) is 10.3. The largest absolute Gasteiger partial charge is 0.707 e.